The molecule has 0 saturated heterocycles. The Morgan fingerprint density at radius 2 is 2.13 bits per heavy atom. The van der Waals surface area contributed by atoms with E-state index in [1.807, 2.05) is 0 Å². The number of halogens is 2. The molecule has 0 fully saturated rings. The van der Waals surface area contributed by atoms with Gasteiger partial charge in [-0.05, 0) is 12.1 Å². The Morgan fingerprint density at radius 3 is 2.67 bits per heavy atom. The van der Waals surface area contributed by atoms with Crippen molar-refractivity contribution in [3.8, 4) is 5.75 Å². The molecule has 1 rings (SSSR count). The van der Waals surface area contributed by atoms with E-state index in [-0.39, 0.29) is 12.0 Å². The number of hydrogen-bond acceptors (Lipinski definition) is 3. The second kappa shape index (κ2) is 5.11. The first kappa shape index (κ1) is 12.0. The molecule has 3 nitrogen and oxygen atoms in total. The minimum atomic E-state index is -0.505. The van der Waals surface area contributed by atoms with Crippen LogP contribution in [0.3, 0.4) is 0 Å². The van der Waals surface area contributed by atoms with Gasteiger partial charge < -0.3 is 9.47 Å². The van der Waals surface area contributed by atoms with Crippen LogP contribution >= 0.6 is 15.9 Å². The van der Waals surface area contributed by atoms with Gasteiger partial charge in [0.15, 0.2) is 0 Å². The highest BCUT2D eigenvalue weighted by Crippen LogP contribution is 2.27. The average Bonchev–Trinajstić information content (AvgIpc) is 2.21. The summed E-state index contributed by atoms with van der Waals surface area (Å²) in [6, 6.07) is 2.88. The molecule has 5 heteroatoms. The van der Waals surface area contributed by atoms with Crippen molar-refractivity contribution in [1.29, 1.82) is 0 Å². The molecule has 0 atom stereocenters. The topological polar surface area (TPSA) is 35.5 Å². The lowest BCUT2D eigenvalue weighted by Crippen LogP contribution is -2.07. The van der Waals surface area contributed by atoms with Crippen molar-refractivity contribution in [3.63, 3.8) is 0 Å². The fraction of sp³-hybridized carbons (Fsp3) is 0.300. The molecule has 0 aliphatic rings. The van der Waals surface area contributed by atoms with Crippen LogP contribution in [-0.2, 0) is 16.0 Å². The molecule has 0 heterocycles. The van der Waals surface area contributed by atoms with Crippen molar-refractivity contribution in [3.05, 3.63) is 28.0 Å². The maximum Gasteiger partial charge on any atom is 0.310 e. The lowest BCUT2D eigenvalue weighted by molar-refractivity contribution is -0.139. The van der Waals surface area contributed by atoms with E-state index in [0.717, 1.165) is 0 Å². The highest BCUT2D eigenvalue weighted by Gasteiger charge is 2.15. The second-order valence-electron chi connectivity index (χ2n) is 2.82. The van der Waals surface area contributed by atoms with Gasteiger partial charge in [-0.2, -0.15) is 0 Å². The molecule has 0 saturated carbocycles. The summed E-state index contributed by atoms with van der Waals surface area (Å²) in [6.45, 7) is 0. The molecule has 0 spiro atoms. The molecule has 0 aromatic heterocycles. The first-order valence-electron chi connectivity index (χ1n) is 4.17. The number of esters is 1. The third-order valence-electron chi connectivity index (χ3n) is 1.89. The highest BCUT2D eigenvalue weighted by atomic mass is 79.9. The van der Waals surface area contributed by atoms with Gasteiger partial charge in [-0.15, -0.1) is 0 Å². The van der Waals surface area contributed by atoms with Gasteiger partial charge in [-0.25, -0.2) is 4.39 Å². The molecule has 1 aromatic rings. The number of benzene rings is 1. The average molecular weight is 277 g/mol. The van der Waals surface area contributed by atoms with Crippen LogP contribution in [0.1, 0.15) is 5.56 Å². The zero-order valence-corrected chi connectivity index (χ0v) is 9.93. The van der Waals surface area contributed by atoms with Crippen LogP contribution in [0.5, 0.6) is 5.75 Å². The van der Waals surface area contributed by atoms with E-state index < -0.39 is 11.8 Å². The summed E-state index contributed by atoms with van der Waals surface area (Å²) in [4.78, 5) is 11.0. The Balaban J connectivity index is 3.09. The molecular formula is C10H10BrFO3. The quantitative estimate of drug-likeness (QED) is 0.795. The van der Waals surface area contributed by atoms with Gasteiger partial charge in [-0.1, -0.05) is 15.9 Å². The maximum atomic E-state index is 13.5. The van der Waals surface area contributed by atoms with Crippen molar-refractivity contribution >= 4 is 21.9 Å². The Hall–Kier alpha value is -1.10. The van der Waals surface area contributed by atoms with Gasteiger partial charge in [0.1, 0.15) is 11.6 Å². The van der Waals surface area contributed by atoms with Gasteiger partial charge in [0.05, 0.1) is 20.6 Å². The summed E-state index contributed by atoms with van der Waals surface area (Å²) < 4.78 is 23.5. The minimum Gasteiger partial charge on any atom is -0.496 e. The SMILES string of the molecule is COC(=O)Cc1c(F)cc(Br)cc1OC. The Labute approximate surface area is 95.3 Å². The fourth-order valence-corrected chi connectivity index (χ4v) is 1.56. The molecule has 15 heavy (non-hydrogen) atoms. The molecule has 0 N–H and O–H groups in total. The summed E-state index contributed by atoms with van der Waals surface area (Å²) >= 11 is 3.14. The molecule has 0 unspecified atom stereocenters. The number of hydrogen-bond donors (Lipinski definition) is 0. The molecule has 1 aromatic carbocycles. The third kappa shape index (κ3) is 2.92. The lowest BCUT2D eigenvalue weighted by atomic mass is 10.1. The number of rotatable bonds is 3. The lowest BCUT2D eigenvalue weighted by Gasteiger charge is -2.09. The summed E-state index contributed by atoms with van der Waals surface area (Å²) in [5.74, 6) is -0.673. The number of carbonyl (C=O) groups excluding carboxylic acids is 1. The van der Waals surface area contributed by atoms with E-state index in [9.17, 15) is 9.18 Å². The normalized spacial score (nSPS) is 9.87. The zero-order valence-electron chi connectivity index (χ0n) is 8.34. The van der Waals surface area contributed by atoms with Crippen molar-refractivity contribution in [1.82, 2.24) is 0 Å². The van der Waals surface area contributed by atoms with E-state index >= 15 is 0 Å². The van der Waals surface area contributed by atoms with Crippen molar-refractivity contribution in [2.45, 2.75) is 6.42 Å². The second-order valence-corrected chi connectivity index (χ2v) is 3.74. The third-order valence-corrected chi connectivity index (χ3v) is 2.35. The molecule has 82 valence electrons. The predicted molar refractivity (Wildman–Crippen MR) is 56.4 cm³/mol. The van der Waals surface area contributed by atoms with Gasteiger partial charge >= 0.3 is 5.97 Å². The van der Waals surface area contributed by atoms with Gasteiger partial charge in [-0.3, -0.25) is 4.79 Å². The number of ether oxygens (including phenoxy) is 2. The minimum absolute atomic E-state index is 0.140. The van der Waals surface area contributed by atoms with Crippen LogP contribution in [-0.4, -0.2) is 20.2 Å². The first-order valence-corrected chi connectivity index (χ1v) is 4.96. The maximum absolute atomic E-state index is 13.5. The predicted octanol–water partition coefficient (Wildman–Crippen LogP) is 2.31. The largest absolute Gasteiger partial charge is 0.496 e. The first-order chi connectivity index (χ1) is 7.08. The molecule has 0 bridgehead atoms. The Bertz CT molecular complexity index is 379. The smallest absolute Gasteiger partial charge is 0.310 e. The Morgan fingerprint density at radius 1 is 1.47 bits per heavy atom. The van der Waals surface area contributed by atoms with E-state index in [0.29, 0.717) is 10.2 Å². The van der Waals surface area contributed by atoms with E-state index in [4.69, 9.17) is 4.74 Å². The molecule has 0 amide bonds. The molecule has 0 radical (unpaired) electrons. The molecule has 0 aliphatic heterocycles. The summed E-state index contributed by atoms with van der Waals surface area (Å²) in [6.07, 6.45) is -0.140. The number of methoxy groups -OCH3 is 2. The monoisotopic (exact) mass is 276 g/mol. The summed E-state index contributed by atoms with van der Waals surface area (Å²) in [5, 5.41) is 0. The van der Waals surface area contributed by atoms with Crippen LogP contribution in [0.25, 0.3) is 0 Å². The Kier molecular flexibility index (Phi) is 4.08. The van der Waals surface area contributed by atoms with E-state index in [2.05, 4.69) is 20.7 Å². The van der Waals surface area contributed by atoms with Gasteiger partial charge in [0, 0.05) is 10.0 Å². The molecular weight excluding hydrogens is 267 g/mol. The van der Waals surface area contributed by atoms with Crippen LogP contribution in [0.15, 0.2) is 16.6 Å². The highest BCUT2D eigenvalue weighted by molar-refractivity contribution is 9.10. The number of carbonyl (C=O) groups is 1. The summed E-state index contributed by atoms with van der Waals surface area (Å²) in [5.41, 5.74) is 0.201. The van der Waals surface area contributed by atoms with Crippen LogP contribution in [0.4, 0.5) is 4.39 Å². The van der Waals surface area contributed by atoms with Crippen molar-refractivity contribution in [2.24, 2.45) is 0 Å². The van der Waals surface area contributed by atoms with Gasteiger partial charge in [0.25, 0.3) is 0 Å². The van der Waals surface area contributed by atoms with E-state index in [1.54, 1.807) is 6.07 Å². The molecule has 0 aliphatic carbocycles. The van der Waals surface area contributed by atoms with Gasteiger partial charge in [0.2, 0.25) is 0 Å². The zero-order chi connectivity index (χ0) is 11.4. The fourth-order valence-electron chi connectivity index (χ4n) is 1.15. The van der Waals surface area contributed by atoms with Crippen LogP contribution in [0, 0.1) is 5.82 Å². The van der Waals surface area contributed by atoms with Crippen LogP contribution in [0.2, 0.25) is 0 Å². The van der Waals surface area contributed by atoms with Crippen molar-refractivity contribution in [2.75, 3.05) is 14.2 Å². The van der Waals surface area contributed by atoms with Crippen molar-refractivity contribution < 1.29 is 18.7 Å². The van der Waals surface area contributed by atoms with Crippen LogP contribution < -0.4 is 4.74 Å². The standard InChI is InChI=1S/C10H10BrFO3/c1-14-9-4-6(11)3-8(12)7(9)5-10(13)15-2/h3-4H,5H2,1-2H3. The summed E-state index contributed by atoms with van der Waals surface area (Å²) in [7, 11) is 2.67. The van der Waals surface area contributed by atoms with E-state index in [1.165, 1.54) is 20.3 Å².